The van der Waals surface area contributed by atoms with Crippen LogP contribution < -0.4 is 10.5 Å². The summed E-state index contributed by atoms with van der Waals surface area (Å²) < 4.78 is 94.4. The molecular weight excluding hydrogens is 469 g/mol. The maximum absolute atomic E-state index is 13.8. The summed E-state index contributed by atoms with van der Waals surface area (Å²) in [7, 11) is -7.78. The Bertz CT molecular complexity index is 1160. The van der Waals surface area contributed by atoms with Gasteiger partial charge in [0.05, 0.1) is 5.75 Å². The molecule has 0 bridgehead atoms. The summed E-state index contributed by atoms with van der Waals surface area (Å²) in [6.07, 6.45) is 3.28. The molecule has 0 saturated carbocycles. The normalized spacial score (nSPS) is 18.7. The number of nitrogens with zero attached hydrogens (tertiary/aromatic N) is 2. The largest absolute Gasteiger partial charge is 0.326 e. The lowest BCUT2D eigenvalue weighted by Gasteiger charge is -2.26. The summed E-state index contributed by atoms with van der Waals surface area (Å²) >= 11 is 0. The smallest absolute Gasteiger partial charge is 0.242 e. The van der Waals surface area contributed by atoms with E-state index in [2.05, 4.69) is 9.71 Å². The van der Waals surface area contributed by atoms with Gasteiger partial charge in [0.2, 0.25) is 20.0 Å². The Morgan fingerprint density at radius 1 is 1.16 bits per heavy atom. The van der Waals surface area contributed by atoms with Gasteiger partial charge in [0, 0.05) is 43.6 Å². The van der Waals surface area contributed by atoms with Crippen molar-refractivity contribution >= 4 is 20.0 Å². The Morgan fingerprint density at radius 3 is 2.56 bits per heavy atom. The Hall–Kier alpha value is -2.06. The number of rotatable bonds is 9. The number of hydrogen-bond acceptors (Lipinski definition) is 6. The zero-order chi connectivity index (χ0) is 23.5. The first-order valence-electron chi connectivity index (χ1n) is 9.78. The Kier molecular flexibility index (Phi) is 7.55. The van der Waals surface area contributed by atoms with Crippen LogP contribution in [0.15, 0.2) is 41.6 Å². The number of pyridine rings is 1. The molecule has 1 aromatic heterocycles. The number of nitrogens with one attached hydrogen (secondary N) is 1. The summed E-state index contributed by atoms with van der Waals surface area (Å²) in [5.74, 6) is -4.17. The average Bonchev–Trinajstić information content (AvgIpc) is 3.21. The van der Waals surface area contributed by atoms with Gasteiger partial charge in [0.25, 0.3) is 0 Å². The van der Waals surface area contributed by atoms with Crippen molar-refractivity contribution in [3.63, 3.8) is 0 Å². The van der Waals surface area contributed by atoms with E-state index in [1.54, 1.807) is 0 Å². The van der Waals surface area contributed by atoms with Crippen LogP contribution in [0.4, 0.5) is 13.2 Å². The van der Waals surface area contributed by atoms with Gasteiger partial charge in [-0.1, -0.05) is 0 Å². The van der Waals surface area contributed by atoms with E-state index in [9.17, 15) is 30.0 Å². The van der Waals surface area contributed by atoms with Gasteiger partial charge in [-0.2, -0.15) is 4.31 Å². The highest BCUT2D eigenvalue weighted by atomic mass is 32.2. The van der Waals surface area contributed by atoms with E-state index < -0.39 is 55.3 Å². The Labute approximate surface area is 184 Å². The van der Waals surface area contributed by atoms with Gasteiger partial charge in [-0.15, -0.1) is 0 Å². The van der Waals surface area contributed by atoms with Crippen molar-refractivity contribution in [3.8, 4) is 0 Å². The molecule has 0 radical (unpaired) electrons. The molecule has 8 nitrogen and oxygen atoms in total. The second kappa shape index (κ2) is 9.83. The summed E-state index contributed by atoms with van der Waals surface area (Å²) in [6, 6.07) is 2.19. The molecular formula is C19H23F3N4O4S2. The molecule has 0 unspecified atom stereocenters. The molecule has 1 saturated heterocycles. The molecule has 2 heterocycles. The Balaban J connectivity index is 1.64. The third kappa shape index (κ3) is 5.84. The predicted octanol–water partition coefficient (Wildman–Crippen LogP) is 1.14. The topological polar surface area (TPSA) is 122 Å². The van der Waals surface area contributed by atoms with Crippen LogP contribution in [-0.4, -0.2) is 57.1 Å². The van der Waals surface area contributed by atoms with Gasteiger partial charge in [-0.3, -0.25) is 4.98 Å². The van der Waals surface area contributed by atoms with Crippen LogP contribution >= 0.6 is 0 Å². The van der Waals surface area contributed by atoms with Crippen LogP contribution in [0, 0.1) is 17.5 Å². The van der Waals surface area contributed by atoms with E-state index in [4.69, 9.17) is 5.73 Å². The SMILES string of the molecule is N[C@H](Cc1cc(F)c(F)cc1F)CS(=O)(=O)N1CCC[C@H]1CNS(=O)(=O)c1cccnc1. The standard InChI is InChI=1S/C19H23F3N4O4S2/c20-17-9-19(22)18(21)8-13(17)7-14(23)12-31(27,28)26-6-2-3-15(26)10-25-32(29,30)16-4-1-5-24-11-16/h1,4-5,8-9,11,14-15,25H,2-3,6-7,10,12,23H2/t14-,15+/m1/s1. The second-order valence-corrected chi connectivity index (χ2v) is 11.3. The van der Waals surface area contributed by atoms with E-state index in [0.29, 0.717) is 25.0 Å². The average molecular weight is 493 g/mol. The van der Waals surface area contributed by atoms with E-state index in [-0.39, 0.29) is 30.0 Å². The minimum Gasteiger partial charge on any atom is -0.326 e. The molecule has 0 spiro atoms. The summed E-state index contributed by atoms with van der Waals surface area (Å²) in [5.41, 5.74) is 5.65. The maximum atomic E-state index is 13.8. The van der Waals surface area contributed by atoms with Gasteiger partial charge < -0.3 is 5.73 Å². The fourth-order valence-electron chi connectivity index (χ4n) is 3.60. The molecule has 1 aliphatic rings. The first-order valence-corrected chi connectivity index (χ1v) is 12.9. The van der Waals surface area contributed by atoms with Crippen LogP contribution in [0.1, 0.15) is 18.4 Å². The maximum Gasteiger partial charge on any atom is 0.242 e. The summed E-state index contributed by atoms with van der Waals surface area (Å²) in [6.45, 7) is 0.0530. The van der Waals surface area contributed by atoms with Gasteiger partial charge >= 0.3 is 0 Å². The quantitative estimate of drug-likeness (QED) is 0.506. The fourth-order valence-corrected chi connectivity index (χ4v) is 6.53. The number of benzene rings is 1. The van der Waals surface area contributed by atoms with Crippen molar-refractivity contribution in [2.24, 2.45) is 5.73 Å². The molecule has 1 fully saturated rings. The Morgan fingerprint density at radius 2 is 1.88 bits per heavy atom. The number of nitrogens with two attached hydrogens (primary N) is 1. The monoisotopic (exact) mass is 492 g/mol. The third-order valence-corrected chi connectivity index (χ3v) is 8.58. The molecule has 1 aromatic carbocycles. The highest BCUT2D eigenvalue weighted by Gasteiger charge is 2.36. The third-order valence-electron chi connectivity index (χ3n) is 5.13. The molecule has 1 aliphatic heterocycles. The second-order valence-electron chi connectivity index (χ2n) is 7.55. The number of sulfonamides is 2. The number of halogens is 3. The van der Waals surface area contributed by atoms with E-state index in [0.717, 1.165) is 0 Å². The van der Waals surface area contributed by atoms with Crippen molar-refractivity contribution in [1.82, 2.24) is 14.0 Å². The van der Waals surface area contributed by atoms with Gasteiger partial charge in [-0.25, -0.2) is 34.7 Å². The zero-order valence-electron chi connectivity index (χ0n) is 16.9. The minimum absolute atomic E-state index is 0.0389. The lowest BCUT2D eigenvalue weighted by atomic mass is 10.1. The van der Waals surface area contributed by atoms with E-state index >= 15 is 0 Å². The van der Waals surface area contributed by atoms with Crippen molar-refractivity contribution in [2.45, 2.75) is 36.2 Å². The van der Waals surface area contributed by atoms with E-state index in [1.165, 1.54) is 28.8 Å². The van der Waals surface area contributed by atoms with Crippen molar-refractivity contribution in [1.29, 1.82) is 0 Å². The highest BCUT2D eigenvalue weighted by molar-refractivity contribution is 7.89. The molecule has 0 aliphatic carbocycles. The molecule has 2 atom stereocenters. The van der Waals surface area contributed by atoms with Crippen molar-refractivity contribution < 1.29 is 30.0 Å². The predicted molar refractivity (Wildman–Crippen MR) is 111 cm³/mol. The van der Waals surface area contributed by atoms with Crippen molar-refractivity contribution in [2.75, 3.05) is 18.8 Å². The molecule has 32 heavy (non-hydrogen) atoms. The highest BCUT2D eigenvalue weighted by Crippen LogP contribution is 2.23. The summed E-state index contributed by atoms with van der Waals surface area (Å²) in [4.78, 5) is 3.72. The summed E-state index contributed by atoms with van der Waals surface area (Å²) in [5, 5.41) is 0. The first-order chi connectivity index (χ1) is 15.0. The molecule has 3 rings (SSSR count). The van der Waals surface area contributed by atoms with Gasteiger partial charge in [0.15, 0.2) is 11.6 Å². The van der Waals surface area contributed by atoms with Crippen molar-refractivity contribution in [3.05, 3.63) is 59.7 Å². The molecule has 176 valence electrons. The van der Waals surface area contributed by atoms with Crippen LogP contribution in [0.3, 0.4) is 0 Å². The molecule has 3 N–H and O–H groups in total. The number of hydrogen-bond donors (Lipinski definition) is 2. The molecule has 2 aromatic rings. The van der Waals surface area contributed by atoms with Gasteiger partial charge in [0.1, 0.15) is 10.7 Å². The van der Waals surface area contributed by atoms with E-state index in [1.807, 2.05) is 0 Å². The molecule has 0 amide bonds. The van der Waals surface area contributed by atoms with Crippen LogP contribution in [-0.2, 0) is 26.5 Å². The minimum atomic E-state index is -3.92. The first kappa shape index (κ1) is 24.6. The lowest BCUT2D eigenvalue weighted by Crippen LogP contribution is -2.46. The molecule has 13 heteroatoms. The zero-order valence-corrected chi connectivity index (χ0v) is 18.5. The van der Waals surface area contributed by atoms with Crippen LogP contribution in [0.25, 0.3) is 0 Å². The lowest BCUT2D eigenvalue weighted by molar-refractivity contribution is 0.382. The number of aromatic nitrogens is 1. The fraction of sp³-hybridized carbons (Fsp3) is 0.421. The van der Waals surface area contributed by atoms with Crippen LogP contribution in [0.5, 0.6) is 0 Å². The van der Waals surface area contributed by atoms with Gasteiger partial charge in [-0.05, 0) is 43.0 Å². The van der Waals surface area contributed by atoms with Crippen LogP contribution in [0.2, 0.25) is 0 Å².